The van der Waals surface area contributed by atoms with Crippen molar-refractivity contribution in [2.75, 3.05) is 26.1 Å². The maximum Gasteiger partial charge on any atom is 0.200 e. The molecule has 4 aromatic carbocycles. The Kier molecular flexibility index (Phi) is 9.27. The molecule has 0 saturated heterocycles. The molecule has 2 heterocycles. The zero-order valence-corrected chi connectivity index (χ0v) is 28.5. The van der Waals surface area contributed by atoms with E-state index in [1.165, 1.54) is 20.3 Å². The highest BCUT2D eigenvalue weighted by molar-refractivity contribution is 6.00. The number of hydrogen-bond acceptors (Lipinski definition) is 10. The monoisotopic (exact) mass is 690 g/mol. The Morgan fingerprint density at radius 1 is 0.922 bits per heavy atom. The van der Waals surface area contributed by atoms with Gasteiger partial charge in [0.1, 0.15) is 17.4 Å². The molecule has 7 N–H and O–H groups in total. The number of ketones is 1. The number of aromatic hydroxyl groups is 4. The normalized spacial score (nSPS) is 20.5. The van der Waals surface area contributed by atoms with E-state index in [1.54, 1.807) is 36.4 Å². The molecule has 0 saturated carbocycles. The van der Waals surface area contributed by atoms with E-state index < -0.39 is 17.9 Å². The van der Waals surface area contributed by atoms with E-state index >= 15 is 0 Å². The van der Waals surface area contributed by atoms with Crippen molar-refractivity contribution in [1.29, 1.82) is 0 Å². The van der Waals surface area contributed by atoms with E-state index in [9.17, 15) is 30.3 Å². The summed E-state index contributed by atoms with van der Waals surface area (Å²) in [6.07, 6.45) is 8.75. The van der Waals surface area contributed by atoms with E-state index in [0.717, 1.165) is 44.5 Å². The molecule has 0 radical (unpaired) electrons. The van der Waals surface area contributed by atoms with Gasteiger partial charge in [0.25, 0.3) is 0 Å². The van der Waals surface area contributed by atoms with Gasteiger partial charge in [-0.1, -0.05) is 30.4 Å². The van der Waals surface area contributed by atoms with Crippen molar-refractivity contribution in [1.82, 2.24) is 5.32 Å². The average Bonchev–Trinajstić information content (AvgIpc) is 3.12. The minimum absolute atomic E-state index is 0.0292. The summed E-state index contributed by atoms with van der Waals surface area (Å²) < 4.78 is 10.7. The Morgan fingerprint density at radius 2 is 1.75 bits per heavy atom. The number of carbonyl (C=O) groups is 1. The number of aryl methyl sites for hydroxylation is 1. The summed E-state index contributed by atoms with van der Waals surface area (Å²) in [5.74, 6) is -0.770. The minimum atomic E-state index is -0.975. The van der Waals surface area contributed by atoms with Gasteiger partial charge < -0.3 is 45.6 Å². The first-order valence-corrected chi connectivity index (χ1v) is 17.2. The summed E-state index contributed by atoms with van der Waals surface area (Å²) in [6.45, 7) is 0.541. The van der Waals surface area contributed by atoms with Crippen molar-refractivity contribution < 1.29 is 39.8 Å². The van der Waals surface area contributed by atoms with E-state index in [2.05, 4.69) is 16.7 Å². The molecule has 0 spiro atoms. The van der Waals surface area contributed by atoms with Crippen molar-refractivity contribution in [3.8, 4) is 34.5 Å². The Balaban J connectivity index is 1.30. The Morgan fingerprint density at radius 3 is 2.55 bits per heavy atom. The summed E-state index contributed by atoms with van der Waals surface area (Å²) >= 11 is 0. The van der Waals surface area contributed by atoms with Crippen LogP contribution < -0.4 is 20.1 Å². The Labute approximate surface area is 296 Å². The van der Waals surface area contributed by atoms with E-state index in [1.807, 2.05) is 30.4 Å². The molecule has 4 atom stereocenters. The van der Waals surface area contributed by atoms with Crippen LogP contribution in [0.5, 0.6) is 34.5 Å². The van der Waals surface area contributed by atoms with Crippen LogP contribution in [0.4, 0.5) is 5.69 Å². The minimum Gasteiger partial charge on any atom is -0.508 e. The van der Waals surface area contributed by atoms with Crippen molar-refractivity contribution in [2.24, 2.45) is 5.92 Å². The molecule has 51 heavy (non-hydrogen) atoms. The molecule has 10 heteroatoms. The smallest absolute Gasteiger partial charge is 0.200 e. The number of nitrogens with one attached hydrogen (secondary N) is 2. The second kappa shape index (κ2) is 14.0. The number of allylic oxidation sites excluding steroid dienone is 3. The summed E-state index contributed by atoms with van der Waals surface area (Å²) in [6, 6.07) is 15.7. The number of aliphatic hydroxyl groups is 1. The zero-order chi connectivity index (χ0) is 35.8. The van der Waals surface area contributed by atoms with Crippen LogP contribution in [-0.4, -0.2) is 58.2 Å². The van der Waals surface area contributed by atoms with Gasteiger partial charge in [-0.25, -0.2) is 0 Å². The highest BCUT2D eigenvalue weighted by Crippen LogP contribution is 2.48. The fourth-order valence-electron chi connectivity index (χ4n) is 7.76. The highest BCUT2D eigenvalue weighted by atomic mass is 16.5. The van der Waals surface area contributed by atoms with Gasteiger partial charge >= 0.3 is 0 Å². The molecule has 4 aromatic rings. The van der Waals surface area contributed by atoms with Crippen LogP contribution in [0.15, 0.2) is 84.2 Å². The van der Waals surface area contributed by atoms with E-state index in [0.29, 0.717) is 43.5 Å². The SMILES string of the molecule is COc1cc(CCC(O)C2CC3=CCNC(=C3)Nc3ccc4cc(O)cc5c4c3C(C=C5)CC(c3cc(O)c(O)c(OC)c3)CC2=O)ccc1O. The number of anilines is 1. The molecule has 0 fully saturated rings. The number of methoxy groups -OCH3 is 2. The summed E-state index contributed by atoms with van der Waals surface area (Å²) in [5, 5.41) is 62.4. The number of ether oxygens (including phenoxy) is 2. The van der Waals surface area contributed by atoms with Crippen LogP contribution in [0.25, 0.3) is 16.8 Å². The number of phenolic OH excluding ortho intramolecular Hbond substituents is 4. The molecule has 2 bridgehead atoms. The van der Waals surface area contributed by atoms with Crippen molar-refractivity contribution in [3.05, 3.63) is 106 Å². The standard InChI is InChI=1S/C41H42N2O8/c1-50-36-14-22(4-10-33(36)46)3-9-32(45)30-13-23-11-12-42-38(15-23)43-31-8-7-26-18-29(44)17-25-6-5-24(40(31)39(25)26)16-27(19-34(30)47)28-20-35(48)41(49)37(21-28)51-2/h4-8,10-11,14-15,17-18,20-21,24,27,30,32,42-46,48-49H,3,9,12-13,16,19H2,1-2H3. The van der Waals surface area contributed by atoms with Crippen LogP contribution in [0, 0.1) is 5.92 Å². The third-order valence-electron chi connectivity index (χ3n) is 10.4. The van der Waals surface area contributed by atoms with E-state index in [-0.39, 0.29) is 46.9 Å². The zero-order valence-electron chi connectivity index (χ0n) is 28.5. The maximum absolute atomic E-state index is 14.6. The lowest BCUT2D eigenvalue weighted by Crippen LogP contribution is -2.31. The number of carbonyl (C=O) groups excluding carboxylic acids is 1. The predicted octanol–water partition coefficient (Wildman–Crippen LogP) is 6.72. The van der Waals surface area contributed by atoms with Crippen molar-refractivity contribution in [2.45, 2.75) is 50.0 Å². The number of benzene rings is 4. The quantitative estimate of drug-likeness (QED) is 0.104. The number of Topliss-reactive ketones (excluding diaryl/α,β-unsaturated/α-hetero) is 1. The third kappa shape index (κ3) is 6.79. The number of hydrogen-bond donors (Lipinski definition) is 7. The topological polar surface area (TPSA) is 161 Å². The van der Waals surface area contributed by atoms with Gasteiger partial charge in [-0.05, 0) is 119 Å². The first-order valence-electron chi connectivity index (χ1n) is 17.2. The molecule has 2 aliphatic heterocycles. The van der Waals surface area contributed by atoms with Gasteiger partial charge in [0.05, 0.1) is 20.3 Å². The molecular weight excluding hydrogens is 648 g/mol. The van der Waals surface area contributed by atoms with E-state index in [4.69, 9.17) is 9.47 Å². The maximum atomic E-state index is 14.6. The van der Waals surface area contributed by atoms with Gasteiger partial charge in [0, 0.05) is 30.5 Å². The molecule has 4 unspecified atom stereocenters. The largest absolute Gasteiger partial charge is 0.508 e. The van der Waals surface area contributed by atoms with Gasteiger partial charge in [-0.2, -0.15) is 0 Å². The molecule has 7 rings (SSSR count). The van der Waals surface area contributed by atoms with Gasteiger partial charge in [-0.15, -0.1) is 0 Å². The Bertz CT molecular complexity index is 2100. The number of aliphatic hydroxyl groups excluding tert-OH is 1. The predicted molar refractivity (Wildman–Crippen MR) is 196 cm³/mol. The second-order valence-electron chi connectivity index (χ2n) is 13.6. The molecule has 0 aromatic heterocycles. The average molecular weight is 691 g/mol. The summed E-state index contributed by atoms with van der Waals surface area (Å²) in [4.78, 5) is 14.6. The second-order valence-corrected chi connectivity index (χ2v) is 13.6. The van der Waals surface area contributed by atoms with Gasteiger partial charge in [0.2, 0.25) is 5.75 Å². The molecular formula is C41H42N2O8. The fraction of sp³-hybridized carbons (Fsp3) is 0.293. The van der Waals surface area contributed by atoms with Gasteiger partial charge in [0.15, 0.2) is 23.0 Å². The van der Waals surface area contributed by atoms with Crippen LogP contribution in [0.1, 0.15) is 59.8 Å². The molecule has 0 amide bonds. The highest BCUT2D eigenvalue weighted by Gasteiger charge is 2.34. The fourth-order valence-corrected chi connectivity index (χ4v) is 7.76. The number of phenols is 4. The van der Waals surface area contributed by atoms with Crippen LogP contribution in [0.3, 0.4) is 0 Å². The first-order chi connectivity index (χ1) is 24.6. The van der Waals surface area contributed by atoms with Crippen molar-refractivity contribution >= 4 is 28.3 Å². The van der Waals surface area contributed by atoms with Gasteiger partial charge in [-0.3, -0.25) is 4.79 Å². The van der Waals surface area contributed by atoms with Crippen LogP contribution in [-0.2, 0) is 11.2 Å². The first kappa shape index (κ1) is 33.9. The van der Waals surface area contributed by atoms with Crippen molar-refractivity contribution in [3.63, 3.8) is 0 Å². The number of fused-ring (bicyclic) bond motifs is 1. The molecule has 264 valence electrons. The lowest BCUT2D eigenvalue weighted by Gasteiger charge is -2.29. The number of rotatable bonds is 7. The lowest BCUT2D eigenvalue weighted by atomic mass is 9.75. The molecule has 10 nitrogen and oxygen atoms in total. The Hall–Kier alpha value is -5.61. The van der Waals surface area contributed by atoms with Crippen LogP contribution >= 0.6 is 0 Å². The number of dihydropyridines is 1. The van der Waals surface area contributed by atoms with Crippen LogP contribution in [0.2, 0.25) is 0 Å². The summed E-state index contributed by atoms with van der Waals surface area (Å²) in [5.41, 5.74) is 5.20. The molecule has 3 aliphatic rings. The molecule has 1 aliphatic carbocycles. The third-order valence-corrected chi connectivity index (χ3v) is 10.4. The lowest BCUT2D eigenvalue weighted by molar-refractivity contribution is -0.127. The summed E-state index contributed by atoms with van der Waals surface area (Å²) in [7, 11) is 2.89.